The molecule has 0 saturated carbocycles. The summed E-state index contributed by atoms with van der Waals surface area (Å²) in [5.74, 6) is 0.228. The van der Waals surface area contributed by atoms with Gasteiger partial charge in [0.05, 0.1) is 18.2 Å². The zero-order valence-corrected chi connectivity index (χ0v) is 20.7. The average molecular weight is 470 g/mol. The minimum atomic E-state index is -0.318. The summed E-state index contributed by atoms with van der Waals surface area (Å²) in [7, 11) is 0. The van der Waals surface area contributed by atoms with Crippen LogP contribution in [0, 0.1) is 5.92 Å². The van der Waals surface area contributed by atoms with Crippen molar-refractivity contribution in [1.82, 2.24) is 9.80 Å². The number of carbonyl (C=O) groups is 2. The van der Waals surface area contributed by atoms with Gasteiger partial charge in [-0.15, -0.1) is 11.3 Å². The van der Waals surface area contributed by atoms with Crippen LogP contribution in [0.5, 0.6) is 0 Å². The van der Waals surface area contributed by atoms with Crippen LogP contribution >= 0.6 is 11.3 Å². The molecule has 1 saturated heterocycles. The van der Waals surface area contributed by atoms with Crippen molar-refractivity contribution in [2.75, 3.05) is 38.1 Å². The normalized spacial score (nSPS) is 20.2. The summed E-state index contributed by atoms with van der Waals surface area (Å²) in [5.41, 5.74) is 2.98. The molecule has 1 aliphatic carbocycles. The number of piperazine rings is 1. The SMILES string of the molecule is CCOC(=O)c1c(NC(=O)[C@@H](C)N2CCN(Cc3ccccc3)CC2)sc2c1CC[C@@H](C)C2. The van der Waals surface area contributed by atoms with E-state index in [1.54, 1.807) is 11.3 Å². The summed E-state index contributed by atoms with van der Waals surface area (Å²) >= 11 is 1.55. The lowest BCUT2D eigenvalue weighted by Gasteiger charge is -2.37. The maximum atomic E-state index is 13.2. The van der Waals surface area contributed by atoms with Crippen molar-refractivity contribution in [3.8, 4) is 0 Å². The molecule has 7 heteroatoms. The Hall–Kier alpha value is -2.22. The van der Waals surface area contributed by atoms with Gasteiger partial charge in [-0.3, -0.25) is 14.6 Å². The van der Waals surface area contributed by atoms with E-state index in [9.17, 15) is 9.59 Å². The second-order valence-corrected chi connectivity index (χ2v) is 10.3. The molecule has 33 heavy (non-hydrogen) atoms. The fourth-order valence-electron chi connectivity index (χ4n) is 4.79. The molecular weight excluding hydrogens is 434 g/mol. The molecule has 1 N–H and O–H groups in total. The molecule has 1 aliphatic heterocycles. The topological polar surface area (TPSA) is 61.9 Å². The first-order valence-electron chi connectivity index (χ1n) is 12.1. The molecule has 0 bridgehead atoms. The van der Waals surface area contributed by atoms with Crippen LogP contribution in [-0.2, 0) is 28.9 Å². The number of hydrogen-bond donors (Lipinski definition) is 1. The molecule has 2 aliphatic rings. The quantitative estimate of drug-likeness (QED) is 0.616. The minimum Gasteiger partial charge on any atom is -0.462 e. The van der Waals surface area contributed by atoms with Crippen LogP contribution in [0.2, 0.25) is 0 Å². The van der Waals surface area contributed by atoms with E-state index in [2.05, 4.69) is 46.3 Å². The van der Waals surface area contributed by atoms with Crippen LogP contribution in [0.25, 0.3) is 0 Å². The van der Waals surface area contributed by atoms with Crippen LogP contribution < -0.4 is 5.32 Å². The Morgan fingerprint density at radius 3 is 2.61 bits per heavy atom. The summed E-state index contributed by atoms with van der Waals surface area (Å²) < 4.78 is 5.34. The number of esters is 1. The number of ether oxygens (including phenoxy) is 1. The van der Waals surface area contributed by atoms with Gasteiger partial charge in [0.25, 0.3) is 0 Å². The maximum Gasteiger partial charge on any atom is 0.341 e. The number of hydrogen-bond acceptors (Lipinski definition) is 6. The van der Waals surface area contributed by atoms with Crippen LogP contribution in [0.1, 0.15) is 53.6 Å². The van der Waals surface area contributed by atoms with E-state index in [1.807, 2.05) is 19.9 Å². The van der Waals surface area contributed by atoms with E-state index in [0.717, 1.165) is 57.5 Å². The predicted molar refractivity (Wildman–Crippen MR) is 133 cm³/mol. The maximum absolute atomic E-state index is 13.2. The third-order valence-electron chi connectivity index (χ3n) is 6.81. The second kappa shape index (κ2) is 10.8. The van der Waals surface area contributed by atoms with Crippen molar-refractivity contribution in [3.63, 3.8) is 0 Å². The van der Waals surface area contributed by atoms with Gasteiger partial charge in [-0.2, -0.15) is 0 Å². The van der Waals surface area contributed by atoms with Gasteiger partial charge >= 0.3 is 5.97 Å². The lowest BCUT2D eigenvalue weighted by molar-refractivity contribution is -0.121. The number of nitrogens with one attached hydrogen (secondary N) is 1. The number of fused-ring (bicyclic) bond motifs is 1. The minimum absolute atomic E-state index is 0.0521. The van der Waals surface area contributed by atoms with Gasteiger partial charge in [0.1, 0.15) is 5.00 Å². The van der Waals surface area contributed by atoms with Gasteiger partial charge in [0.15, 0.2) is 0 Å². The Morgan fingerprint density at radius 2 is 1.91 bits per heavy atom. The average Bonchev–Trinajstić information content (AvgIpc) is 3.16. The monoisotopic (exact) mass is 469 g/mol. The second-order valence-electron chi connectivity index (χ2n) is 9.24. The van der Waals surface area contributed by atoms with E-state index in [-0.39, 0.29) is 17.9 Å². The lowest BCUT2D eigenvalue weighted by atomic mass is 9.88. The van der Waals surface area contributed by atoms with E-state index >= 15 is 0 Å². The Morgan fingerprint density at radius 1 is 1.18 bits per heavy atom. The molecule has 2 atom stereocenters. The Labute approximate surface area is 200 Å². The molecule has 2 aromatic rings. The first-order chi connectivity index (χ1) is 16.0. The van der Waals surface area contributed by atoms with Crippen LogP contribution in [0.3, 0.4) is 0 Å². The number of benzene rings is 1. The molecule has 178 valence electrons. The van der Waals surface area contributed by atoms with Crippen molar-refractivity contribution in [2.45, 2.75) is 52.6 Å². The number of rotatable bonds is 7. The highest BCUT2D eigenvalue weighted by molar-refractivity contribution is 7.17. The van der Waals surface area contributed by atoms with E-state index < -0.39 is 0 Å². The summed E-state index contributed by atoms with van der Waals surface area (Å²) in [6.07, 6.45) is 2.89. The molecule has 0 radical (unpaired) electrons. The zero-order chi connectivity index (χ0) is 23.4. The smallest absolute Gasteiger partial charge is 0.341 e. The molecule has 2 heterocycles. The van der Waals surface area contributed by atoms with Crippen molar-refractivity contribution in [2.24, 2.45) is 5.92 Å². The summed E-state index contributed by atoms with van der Waals surface area (Å²) in [6.45, 7) is 10.9. The highest BCUT2D eigenvalue weighted by atomic mass is 32.1. The Balaban J connectivity index is 1.39. The third kappa shape index (κ3) is 5.65. The third-order valence-corrected chi connectivity index (χ3v) is 7.98. The van der Waals surface area contributed by atoms with E-state index in [4.69, 9.17) is 4.74 Å². The van der Waals surface area contributed by atoms with Gasteiger partial charge in [-0.1, -0.05) is 37.3 Å². The van der Waals surface area contributed by atoms with Crippen LogP contribution in [0.4, 0.5) is 5.00 Å². The first kappa shape index (κ1) is 23.9. The largest absolute Gasteiger partial charge is 0.462 e. The molecule has 1 aromatic carbocycles. The standard InChI is InChI=1S/C26H35N3O3S/c1-4-32-26(31)23-21-11-10-18(2)16-22(21)33-25(23)27-24(30)19(3)29-14-12-28(13-15-29)17-20-8-6-5-7-9-20/h5-9,18-19H,4,10-17H2,1-3H3,(H,27,30)/t18-,19-/m1/s1. The van der Waals surface area contributed by atoms with Gasteiger partial charge in [0, 0.05) is 37.6 Å². The number of nitrogens with zero attached hydrogens (tertiary/aromatic N) is 2. The Kier molecular flexibility index (Phi) is 7.83. The number of carbonyl (C=O) groups excluding carboxylic acids is 2. The Bertz CT molecular complexity index is 967. The number of amides is 1. The molecule has 0 spiro atoms. The summed E-state index contributed by atoms with van der Waals surface area (Å²) in [6, 6.07) is 10.3. The summed E-state index contributed by atoms with van der Waals surface area (Å²) in [4.78, 5) is 31.8. The zero-order valence-electron chi connectivity index (χ0n) is 19.9. The van der Waals surface area contributed by atoms with Crippen molar-refractivity contribution < 1.29 is 14.3 Å². The van der Waals surface area contributed by atoms with Crippen molar-refractivity contribution >= 4 is 28.2 Å². The molecule has 1 fully saturated rings. The van der Waals surface area contributed by atoms with Crippen LogP contribution in [-0.4, -0.2) is 60.5 Å². The van der Waals surface area contributed by atoms with E-state index in [1.165, 1.54) is 10.4 Å². The first-order valence-corrected chi connectivity index (χ1v) is 12.9. The lowest BCUT2D eigenvalue weighted by Crippen LogP contribution is -2.52. The molecular formula is C26H35N3O3S. The molecule has 1 aromatic heterocycles. The fourth-order valence-corrected chi connectivity index (χ4v) is 6.19. The molecule has 6 nitrogen and oxygen atoms in total. The molecule has 4 rings (SSSR count). The van der Waals surface area contributed by atoms with Crippen molar-refractivity contribution in [3.05, 3.63) is 51.9 Å². The highest BCUT2D eigenvalue weighted by Crippen LogP contribution is 2.40. The van der Waals surface area contributed by atoms with Crippen molar-refractivity contribution in [1.29, 1.82) is 0 Å². The van der Waals surface area contributed by atoms with Crippen LogP contribution in [0.15, 0.2) is 30.3 Å². The van der Waals surface area contributed by atoms with E-state index in [0.29, 0.717) is 23.1 Å². The molecule has 0 unspecified atom stereocenters. The van der Waals surface area contributed by atoms with Gasteiger partial charge in [-0.05, 0) is 50.2 Å². The van der Waals surface area contributed by atoms with Gasteiger partial charge in [-0.25, -0.2) is 4.79 Å². The number of thiophene rings is 1. The highest BCUT2D eigenvalue weighted by Gasteiger charge is 2.31. The van der Waals surface area contributed by atoms with Gasteiger partial charge < -0.3 is 10.1 Å². The molecule has 1 amide bonds. The summed E-state index contributed by atoms with van der Waals surface area (Å²) in [5, 5.41) is 3.75. The van der Waals surface area contributed by atoms with Gasteiger partial charge in [0.2, 0.25) is 5.91 Å². The number of anilines is 1. The predicted octanol–water partition coefficient (Wildman–Crippen LogP) is 4.19. The fraction of sp³-hybridized carbons (Fsp3) is 0.538.